The first kappa shape index (κ1) is 14.0. The molecule has 0 radical (unpaired) electrons. The summed E-state index contributed by atoms with van der Waals surface area (Å²) in [4.78, 5) is 20.4. The number of carbonyl (C=O) groups is 1. The number of aromatic nitrogens is 2. The van der Waals surface area contributed by atoms with E-state index < -0.39 is 0 Å². The van der Waals surface area contributed by atoms with Crippen molar-refractivity contribution < 1.29 is 4.79 Å². The summed E-state index contributed by atoms with van der Waals surface area (Å²) >= 11 is 0. The van der Waals surface area contributed by atoms with E-state index in [4.69, 9.17) is 5.73 Å². The molecule has 1 amide bonds. The van der Waals surface area contributed by atoms with Gasteiger partial charge in [0, 0.05) is 18.3 Å². The lowest BCUT2D eigenvalue weighted by Gasteiger charge is -2.08. The number of aryl methyl sites for hydroxylation is 1. The fourth-order valence-corrected chi connectivity index (χ4v) is 1.86. The van der Waals surface area contributed by atoms with E-state index in [0.29, 0.717) is 17.9 Å². The summed E-state index contributed by atoms with van der Waals surface area (Å²) in [6.45, 7) is 4.58. The van der Waals surface area contributed by atoms with Gasteiger partial charge in [0.15, 0.2) is 5.82 Å². The lowest BCUT2D eigenvalue weighted by atomic mass is 10.1. The van der Waals surface area contributed by atoms with Gasteiger partial charge >= 0.3 is 0 Å². The Morgan fingerprint density at radius 2 is 2.10 bits per heavy atom. The zero-order valence-electron chi connectivity index (χ0n) is 11.7. The van der Waals surface area contributed by atoms with Crippen molar-refractivity contribution in [3.8, 4) is 11.4 Å². The third kappa shape index (κ3) is 2.93. The summed E-state index contributed by atoms with van der Waals surface area (Å²) in [6, 6.07) is 7.79. The minimum absolute atomic E-state index is 0.201. The molecule has 0 saturated heterocycles. The van der Waals surface area contributed by atoms with Crippen molar-refractivity contribution in [3.05, 3.63) is 41.6 Å². The molecule has 1 aromatic carbocycles. The average Bonchev–Trinajstić information content (AvgIpc) is 2.45. The van der Waals surface area contributed by atoms with Crippen LogP contribution >= 0.6 is 0 Å². The van der Waals surface area contributed by atoms with Gasteiger partial charge in [-0.05, 0) is 18.9 Å². The van der Waals surface area contributed by atoms with E-state index >= 15 is 0 Å². The molecular weight excluding hydrogens is 252 g/mol. The SMILES string of the molecule is CCCNC(=O)c1cnc(-c2ccccc2C)nc1N. The highest BCUT2D eigenvalue weighted by Crippen LogP contribution is 2.20. The first-order valence-corrected chi connectivity index (χ1v) is 6.60. The van der Waals surface area contributed by atoms with Crippen LogP contribution in [0, 0.1) is 6.92 Å². The highest BCUT2D eigenvalue weighted by molar-refractivity contribution is 5.98. The molecule has 2 rings (SSSR count). The van der Waals surface area contributed by atoms with Crippen LogP contribution in [-0.4, -0.2) is 22.4 Å². The predicted molar refractivity (Wildman–Crippen MR) is 79.2 cm³/mol. The summed E-state index contributed by atoms with van der Waals surface area (Å²) in [5.74, 6) is 0.500. The Morgan fingerprint density at radius 3 is 2.75 bits per heavy atom. The number of nitrogens with two attached hydrogens (primary N) is 1. The maximum Gasteiger partial charge on any atom is 0.256 e. The number of anilines is 1. The Kier molecular flexibility index (Phi) is 4.30. The molecule has 0 saturated carbocycles. The number of nitrogen functional groups attached to an aromatic ring is 1. The topological polar surface area (TPSA) is 80.9 Å². The fraction of sp³-hybridized carbons (Fsp3) is 0.267. The summed E-state index contributed by atoms with van der Waals surface area (Å²) in [6.07, 6.45) is 2.35. The van der Waals surface area contributed by atoms with Crippen LogP contribution in [0.3, 0.4) is 0 Å². The van der Waals surface area contributed by atoms with E-state index in [2.05, 4.69) is 15.3 Å². The van der Waals surface area contributed by atoms with Crippen LogP contribution in [0.1, 0.15) is 29.3 Å². The maximum absolute atomic E-state index is 11.9. The summed E-state index contributed by atoms with van der Waals surface area (Å²) in [5.41, 5.74) is 8.17. The average molecular weight is 270 g/mol. The molecule has 5 nitrogen and oxygen atoms in total. The number of hydrogen-bond donors (Lipinski definition) is 2. The van der Waals surface area contributed by atoms with E-state index in [1.165, 1.54) is 6.20 Å². The van der Waals surface area contributed by atoms with Crippen molar-refractivity contribution in [2.24, 2.45) is 0 Å². The summed E-state index contributed by atoms with van der Waals surface area (Å²) < 4.78 is 0. The molecule has 0 fully saturated rings. The van der Waals surface area contributed by atoms with Crippen LogP contribution in [0.15, 0.2) is 30.5 Å². The van der Waals surface area contributed by atoms with Gasteiger partial charge in [0.25, 0.3) is 5.91 Å². The van der Waals surface area contributed by atoms with Crippen LogP contribution < -0.4 is 11.1 Å². The van der Waals surface area contributed by atoms with Gasteiger partial charge in [0.1, 0.15) is 5.82 Å². The minimum Gasteiger partial charge on any atom is -0.383 e. The molecule has 1 aromatic heterocycles. The monoisotopic (exact) mass is 270 g/mol. The Hall–Kier alpha value is -2.43. The number of amides is 1. The molecule has 0 aliphatic rings. The molecule has 104 valence electrons. The number of nitrogens with one attached hydrogen (secondary N) is 1. The molecule has 0 spiro atoms. The van der Waals surface area contributed by atoms with Gasteiger partial charge in [-0.3, -0.25) is 4.79 Å². The Labute approximate surface area is 118 Å². The normalized spacial score (nSPS) is 10.3. The minimum atomic E-state index is -0.235. The molecule has 20 heavy (non-hydrogen) atoms. The van der Waals surface area contributed by atoms with E-state index in [-0.39, 0.29) is 11.7 Å². The molecule has 2 aromatic rings. The third-order valence-electron chi connectivity index (χ3n) is 2.98. The molecule has 0 aliphatic heterocycles. The van der Waals surface area contributed by atoms with Crippen LogP contribution in [0.4, 0.5) is 5.82 Å². The number of nitrogens with zero attached hydrogens (tertiary/aromatic N) is 2. The van der Waals surface area contributed by atoms with E-state index in [0.717, 1.165) is 17.5 Å². The van der Waals surface area contributed by atoms with Gasteiger partial charge in [0.2, 0.25) is 0 Å². The number of hydrogen-bond acceptors (Lipinski definition) is 4. The zero-order valence-corrected chi connectivity index (χ0v) is 11.7. The van der Waals surface area contributed by atoms with Gasteiger partial charge in [-0.2, -0.15) is 0 Å². The van der Waals surface area contributed by atoms with Crippen LogP contribution in [0.25, 0.3) is 11.4 Å². The first-order chi connectivity index (χ1) is 9.63. The zero-order chi connectivity index (χ0) is 14.5. The van der Waals surface area contributed by atoms with Crippen LogP contribution in [0.2, 0.25) is 0 Å². The molecule has 0 aliphatic carbocycles. The van der Waals surface area contributed by atoms with Crippen molar-refractivity contribution in [1.29, 1.82) is 0 Å². The largest absolute Gasteiger partial charge is 0.383 e. The van der Waals surface area contributed by atoms with Crippen LogP contribution in [-0.2, 0) is 0 Å². The Balaban J connectivity index is 2.31. The molecule has 0 bridgehead atoms. The quantitative estimate of drug-likeness (QED) is 0.892. The van der Waals surface area contributed by atoms with Gasteiger partial charge in [-0.25, -0.2) is 9.97 Å². The van der Waals surface area contributed by atoms with Crippen molar-refractivity contribution in [3.63, 3.8) is 0 Å². The van der Waals surface area contributed by atoms with Crippen LogP contribution in [0.5, 0.6) is 0 Å². The second-order valence-corrected chi connectivity index (χ2v) is 4.56. The molecular formula is C15H18N4O. The second kappa shape index (κ2) is 6.14. The van der Waals surface area contributed by atoms with E-state index in [1.54, 1.807) is 0 Å². The maximum atomic E-state index is 11.9. The second-order valence-electron chi connectivity index (χ2n) is 4.56. The molecule has 3 N–H and O–H groups in total. The van der Waals surface area contributed by atoms with Gasteiger partial charge in [0.05, 0.1) is 5.56 Å². The lowest BCUT2D eigenvalue weighted by Crippen LogP contribution is -2.25. The van der Waals surface area contributed by atoms with Crippen molar-refractivity contribution >= 4 is 11.7 Å². The highest BCUT2D eigenvalue weighted by atomic mass is 16.1. The summed E-state index contributed by atoms with van der Waals surface area (Å²) in [7, 11) is 0. The van der Waals surface area contributed by atoms with Crippen molar-refractivity contribution in [1.82, 2.24) is 15.3 Å². The first-order valence-electron chi connectivity index (χ1n) is 6.60. The summed E-state index contributed by atoms with van der Waals surface area (Å²) in [5, 5.41) is 2.76. The predicted octanol–water partition coefficient (Wildman–Crippen LogP) is 2.17. The lowest BCUT2D eigenvalue weighted by molar-refractivity contribution is 0.0954. The van der Waals surface area contributed by atoms with Gasteiger partial charge in [-0.15, -0.1) is 0 Å². The van der Waals surface area contributed by atoms with Gasteiger partial charge in [-0.1, -0.05) is 31.2 Å². The highest BCUT2D eigenvalue weighted by Gasteiger charge is 2.13. The van der Waals surface area contributed by atoms with Gasteiger partial charge < -0.3 is 11.1 Å². The van der Waals surface area contributed by atoms with E-state index in [9.17, 15) is 4.79 Å². The Bertz CT molecular complexity index is 625. The van der Waals surface area contributed by atoms with E-state index in [1.807, 2.05) is 38.1 Å². The van der Waals surface area contributed by atoms with Crippen molar-refractivity contribution in [2.75, 3.05) is 12.3 Å². The molecule has 0 atom stereocenters. The smallest absolute Gasteiger partial charge is 0.256 e. The number of rotatable bonds is 4. The molecule has 1 heterocycles. The van der Waals surface area contributed by atoms with Crippen molar-refractivity contribution in [2.45, 2.75) is 20.3 Å². The third-order valence-corrected chi connectivity index (χ3v) is 2.98. The number of benzene rings is 1. The Morgan fingerprint density at radius 1 is 1.35 bits per heavy atom. The molecule has 0 unspecified atom stereocenters. The fourth-order valence-electron chi connectivity index (χ4n) is 1.86. The molecule has 5 heteroatoms. The number of carbonyl (C=O) groups excluding carboxylic acids is 1. The standard InChI is InChI=1S/C15H18N4O/c1-3-8-17-15(20)12-9-18-14(19-13(12)16)11-7-5-4-6-10(11)2/h4-7,9H,3,8H2,1-2H3,(H,17,20)(H2,16,18,19).